The lowest BCUT2D eigenvalue weighted by Crippen LogP contribution is -2.14. The number of thioether (sulfide) groups is 1. The maximum Gasteiger partial charge on any atom is 0.209 e. The van der Waals surface area contributed by atoms with E-state index in [2.05, 4.69) is 26.2 Å². The summed E-state index contributed by atoms with van der Waals surface area (Å²) in [6, 6.07) is 12.0. The first-order valence-corrected chi connectivity index (χ1v) is 10.1. The van der Waals surface area contributed by atoms with Crippen molar-refractivity contribution in [3.63, 3.8) is 0 Å². The van der Waals surface area contributed by atoms with Crippen molar-refractivity contribution in [3.05, 3.63) is 63.7 Å². The number of hydrogen-bond acceptors (Lipinski definition) is 5. The number of Topliss-reactive ketones (excluding diaryl/α,β-unsaturated/α-hetero) is 1. The van der Waals surface area contributed by atoms with Gasteiger partial charge in [-0.25, -0.2) is 4.98 Å². The Balaban J connectivity index is 1.51. The normalized spacial score (nSPS) is 12.5. The number of benzene rings is 1. The average molecular weight is 383 g/mol. The summed E-state index contributed by atoms with van der Waals surface area (Å²) in [5, 5.41) is 10.6. The molecule has 1 atom stereocenters. The third-order valence-corrected chi connectivity index (χ3v) is 6.06. The van der Waals surface area contributed by atoms with Crippen LogP contribution in [0, 0.1) is 6.92 Å². The predicted molar refractivity (Wildman–Crippen MR) is 106 cm³/mol. The number of para-hydroxylation sites is 1. The lowest BCUT2D eigenvalue weighted by Gasteiger charge is -2.08. The fourth-order valence-electron chi connectivity index (χ4n) is 3.00. The molecule has 0 saturated heterocycles. The highest BCUT2D eigenvalue weighted by Crippen LogP contribution is 2.28. The van der Waals surface area contributed by atoms with Gasteiger partial charge in [0.2, 0.25) is 5.16 Å². The van der Waals surface area contributed by atoms with E-state index < -0.39 is 0 Å². The van der Waals surface area contributed by atoms with E-state index in [9.17, 15) is 4.79 Å². The monoisotopic (exact) mass is 382 g/mol. The molecule has 0 bridgehead atoms. The van der Waals surface area contributed by atoms with Gasteiger partial charge in [0.15, 0.2) is 5.78 Å². The van der Waals surface area contributed by atoms with Crippen LogP contribution in [0.15, 0.2) is 46.9 Å². The van der Waals surface area contributed by atoms with Crippen LogP contribution in [0.1, 0.15) is 33.7 Å². The Kier molecular flexibility index (Phi) is 4.65. The molecule has 2 N–H and O–H groups in total. The number of carbonyl (C=O) groups excluding carboxylic acids is 1. The maximum atomic E-state index is 13.0. The van der Waals surface area contributed by atoms with Gasteiger partial charge in [-0.05, 0) is 31.4 Å². The summed E-state index contributed by atoms with van der Waals surface area (Å²) < 4.78 is 0. The number of aromatic nitrogens is 4. The van der Waals surface area contributed by atoms with Gasteiger partial charge in [-0.3, -0.25) is 9.89 Å². The molecule has 4 rings (SSSR count). The molecule has 7 heteroatoms. The molecule has 0 aliphatic rings. The molecule has 0 aliphatic carbocycles. The standard InChI is InChI=1S/C19H18N4OS2/c1-11-17(14-7-3-4-8-15(14)20-11)18(24)12(2)26-19-21-16(22-23-19)10-13-6-5-9-25-13/h3-9,12,20H,10H2,1-2H3,(H,21,22,23). The summed E-state index contributed by atoms with van der Waals surface area (Å²) in [6.07, 6.45) is 0.731. The minimum Gasteiger partial charge on any atom is -0.358 e. The minimum absolute atomic E-state index is 0.0922. The van der Waals surface area contributed by atoms with Crippen LogP contribution in [0.3, 0.4) is 0 Å². The summed E-state index contributed by atoms with van der Waals surface area (Å²) >= 11 is 3.08. The van der Waals surface area contributed by atoms with Gasteiger partial charge in [0.25, 0.3) is 0 Å². The van der Waals surface area contributed by atoms with Gasteiger partial charge < -0.3 is 4.98 Å². The number of rotatable bonds is 6. The first-order chi connectivity index (χ1) is 12.6. The van der Waals surface area contributed by atoms with Crippen LogP contribution in [0.5, 0.6) is 0 Å². The molecule has 0 fully saturated rings. The number of H-pyrrole nitrogens is 2. The first-order valence-electron chi connectivity index (χ1n) is 8.33. The lowest BCUT2D eigenvalue weighted by atomic mass is 10.1. The third kappa shape index (κ3) is 3.32. The molecule has 0 amide bonds. The van der Waals surface area contributed by atoms with Gasteiger partial charge in [0, 0.05) is 33.5 Å². The Labute approximate surface area is 159 Å². The van der Waals surface area contributed by atoms with Gasteiger partial charge >= 0.3 is 0 Å². The number of aryl methyl sites for hydroxylation is 1. The van der Waals surface area contributed by atoms with E-state index in [1.54, 1.807) is 11.3 Å². The van der Waals surface area contributed by atoms with Crippen LogP contribution in [0.25, 0.3) is 10.9 Å². The topological polar surface area (TPSA) is 74.4 Å². The number of carbonyl (C=O) groups is 1. The molecular formula is C19H18N4OS2. The molecule has 3 aromatic heterocycles. The van der Waals surface area contributed by atoms with E-state index >= 15 is 0 Å². The minimum atomic E-state index is -0.265. The van der Waals surface area contributed by atoms with Crippen molar-refractivity contribution < 1.29 is 4.79 Å². The zero-order valence-corrected chi connectivity index (χ0v) is 16.1. The predicted octanol–water partition coefficient (Wildman–Crippen LogP) is 4.61. The van der Waals surface area contributed by atoms with Crippen molar-refractivity contribution in [3.8, 4) is 0 Å². The number of nitrogens with one attached hydrogen (secondary N) is 2. The zero-order chi connectivity index (χ0) is 18.1. The molecule has 1 aromatic carbocycles. The van der Waals surface area contributed by atoms with E-state index in [0.717, 1.165) is 34.4 Å². The third-order valence-electron chi connectivity index (χ3n) is 4.22. The molecule has 26 heavy (non-hydrogen) atoms. The molecule has 3 heterocycles. The number of nitrogens with zero attached hydrogens (tertiary/aromatic N) is 2. The van der Waals surface area contributed by atoms with Crippen molar-refractivity contribution in [1.29, 1.82) is 0 Å². The fraction of sp³-hybridized carbons (Fsp3) is 0.211. The lowest BCUT2D eigenvalue weighted by molar-refractivity contribution is 0.0995. The van der Waals surface area contributed by atoms with Gasteiger partial charge in [0.1, 0.15) is 5.82 Å². The second-order valence-electron chi connectivity index (χ2n) is 6.12. The molecule has 5 nitrogen and oxygen atoms in total. The summed E-state index contributed by atoms with van der Waals surface area (Å²) in [4.78, 5) is 22.0. The molecule has 0 spiro atoms. The maximum absolute atomic E-state index is 13.0. The molecule has 4 aromatic rings. The van der Waals surface area contributed by atoms with Crippen LogP contribution in [-0.2, 0) is 6.42 Å². The zero-order valence-electron chi connectivity index (χ0n) is 14.4. The number of thiophene rings is 1. The van der Waals surface area contributed by atoms with Crippen LogP contribution < -0.4 is 0 Å². The van der Waals surface area contributed by atoms with Crippen LogP contribution in [-0.4, -0.2) is 31.2 Å². The number of ketones is 1. The molecule has 0 radical (unpaired) electrons. The highest BCUT2D eigenvalue weighted by molar-refractivity contribution is 8.00. The van der Waals surface area contributed by atoms with E-state index in [1.165, 1.54) is 16.6 Å². The highest BCUT2D eigenvalue weighted by atomic mass is 32.2. The van der Waals surface area contributed by atoms with Crippen molar-refractivity contribution in [2.75, 3.05) is 0 Å². The molecule has 1 unspecified atom stereocenters. The van der Waals surface area contributed by atoms with Gasteiger partial charge in [-0.1, -0.05) is 36.0 Å². The Bertz CT molecular complexity index is 1050. The average Bonchev–Trinajstić information content (AvgIpc) is 3.35. The van der Waals surface area contributed by atoms with Gasteiger partial charge in [-0.15, -0.1) is 16.4 Å². The highest BCUT2D eigenvalue weighted by Gasteiger charge is 2.23. The number of aromatic amines is 2. The summed E-state index contributed by atoms with van der Waals surface area (Å²) in [7, 11) is 0. The Morgan fingerprint density at radius 2 is 2.12 bits per heavy atom. The SMILES string of the molecule is Cc1[nH]c2ccccc2c1C(=O)C(C)Sc1n[nH]c(Cc2cccs2)n1. The van der Waals surface area contributed by atoms with Crippen molar-refractivity contribution in [2.24, 2.45) is 0 Å². The van der Waals surface area contributed by atoms with Gasteiger partial charge in [-0.2, -0.15) is 0 Å². The summed E-state index contributed by atoms with van der Waals surface area (Å²) in [5.41, 5.74) is 2.65. The molecule has 132 valence electrons. The van der Waals surface area contributed by atoms with E-state index in [1.807, 2.05) is 49.6 Å². The second kappa shape index (κ2) is 7.09. The first kappa shape index (κ1) is 17.1. The van der Waals surface area contributed by atoms with Crippen LogP contribution in [0.2, 0.25) is 0 Å². The summed E-state index contributed by atoms with van der Waals surface area (Å²) in [5.74, 6) is 0.910. The summed E-state index contributed by atoms with van der Waals surface area (Å²) in [6.45, 7) is 3.85. The van der Waals surface area contributed by atoms with Crippen molar-refractivity contribution in [1.82, 2.24) is 20.2 Å². The van der Waals surface area contributed by atoms with Crippen LogP contribution in [0.4, 0.5) is 0 Å². The van der Waals surface area contributed by atoms with E-state index in [0.29, 0.717) is 5.16 Å². The largest absolute Gasteiger partial charge is 0.358 e. The van der Waals surface area contributed by atoms with Crippen molar-refractivity contribution >= 4 is 39.8 Å². The number of hydrogen-bond donors (Lipinski definition) is 2. The Morgan fingerprint density at radius 1 is 1.27 bits per heavy atom. The van der Waals surface area contributed by atoms with Crippen molar-refractivity contribution in [2.45, 2.75) is 30.7 Å². The smallest absolute Gasteiger partial charge is 0.209 e. The molecule has 0 saturated carbocycles. The van der Waals surface area contributed by atoms with E-state index in [4.69, 9.17) is 0 Å². The molecular weight excluding hydrogens is 364 g/mol. The Hall–Kier alpha value is -2.38. The van der Waals surface area contributed by atoms with E-state index in [-0.39, 0.29) is 11.0 Å². The molecule has 0 aliphatic heterocycles. The second-order valence-corrected chi connectivity index (χ2v) is 8.46. The van der Waals surface area contributed by atoms with Crippen LogP contribution >= 0.6 is 23.1 Å². The number of fused-ring (bicyclic) bond motifs is 1. The fourth-order valence-corrected chi connectivity index (χ4v) is 4.51. The van der Waals surface area contributed by atoms with Gasteiger partial charge in [0.05, 0.1) is 5.25 Å². The Morgan fingerprint density at radius 3 is 2.92 bits per heavy atom. The quantitative estimate of drug-likeness (QED) is 0.377.